The summed E-state index contributed by atoms with van der Waals surface area (Å²) in [5, 5.41) is 22.1. The second-order valence-electron chi connectivity index (χ2n) is 5.10. The number of amides is 1. The number of unbranched alkanes of at least 4 members (excludes halogenated alkanes) is 1. The minimum Gasteiger partial charge on any atom is -0.490 e. The minimum absolute atomic E-state index is 0.0871. The molecule has 2 aromatic rings. The minimum atomic E-state index is -0.510. The van der Waals surface area contributed by atoms with Gasteiger partial charge >= 0.3 is 0 Å². The van der Waals surface area contributed by atoms with E-state index in [9.17, 15) is 14.9 Å². The number of nitriles is 1. The number of ether oxygens (including phenoxy) is 1. The van der Waals surface area contributed by atoms with E-state index < -0.39 is 10.8 Å². The fourth-order valence-electron chi connectivity index (χ4n) is 2.05. The topological polar surface area (TPSA) is 118 Å². The first-order valence-electron chi connectivity index (χ1n) is 7.79. The van der Waals surface area contributed by atoms with Gasteiger partial charge in [-0.3, -0.25) is 14.9 Å². The molecule has 1 aromatic carbocycles. The normalized spacial score (nSPS) is 10.3. The maximum absolute atomic E-state index is 12.1. The summed E-state index contributed by atoms with van der Waals surface area (Å²) >= 11 is 0. The monoisotopic (exact) mass is 352 g/mol. The lowest BCUT2D eigenvalue weighted by molar-refractivity contribution is -0.385. The number of nitro benzene ring substituents is 1. The van der Waals surface area contributed by atoms with Crippen LogP contribution in [-0.2, 0) is 4.79 Å². The van der Waals surface area contributed by atoms with Gasteiger partial charge in [0.05, 0.1) is 23.2 Å². The van der Waals surface area contributed by atoms with Gasteiger partial charge in [-0.05, 0) is 30.7 Å². The third kappa shape index (κ3) is 5.42. The molecule has 0 bridgehead atoms. The van der Waals surface area contributed by atoms with E-state index in [-0.39, 0.29) is 11.5 Å². The van der Waals surface area contributed by atoms with Crippen molar-refractivity contribution in [2.45, 2.75) is 12.8 Å². The molecule has 8 nitrogen and oxygen atoms in total. The first-order valence-corrected chi connectivity index (χ1v) is 7.79. The zero-order chi connectivity index (χ0) is 18.8. The molecule has 1 aromatic heterocycles. The molecule has 0 saturated heterocycles. The number of aromatic nitrogens is 1. The number of hydrogen-bond donors (Lipinski definition) is 1. The van der Waals surface area contributed by atoms with Crippen molar-refractivity contribution < 1.29 is 14.5 Å². The van der Waals surface area contributed by atoms with Gasteiger partial charge in [0.1, 0.15) is 0 Å². The molecule has 1 amide bonds. The van der Waals surface area contributed by atoms with Crippen LogP contribution < -0.4 is 10.1 Å². The molecule has 0 aliphatic rings. The van der Waals surface area contributed by atoms with Gasteiger partial charge in [-0.1, -0.05) is 12.1 Å². The first kappa shape index (κ1) is 18.6. The van der Waals surface area contributed by atoms with Gasteiger partial charge in [-0.15, -0.1) is 0 Å². The highest BCUT2D eigenvalue weighted by Crippen LogP contribution is 2.22. The van der Waals surface area contributed by atoms with Gasteiger partial charge in [-0.25, -0.2) is 4.98 Å². The Hall–Kier alpha value is -3.73. The van der Waals surface area contributed by atoms with Crippen molar-refractivity contribution in [2.24, 2.45) is 0 Å². The predicted molar refractivity (Wildman–Crippen MR) is 95.3 cm³/mol. The number of rotatable bonds is 8. The van der Waals surface area contributed by atoms with E-state index in [0.717, 1.165) is 0 Å². The van der Waals surface area contributed by atoms with Crippen LogP contribution in [-0.4, -0.2) is 22.4 Å². The summed E-state index contributed by atoms with van der Waals surface area (Å²) in [5.74, 6) is 0.128. The molecule has 0 spiro atoms. The number of nitrogens with one attached hydrogen (secondary N) is 1. The zero-order valence-electron chi connectivity index (χ0n) is 13.8. The van der Waals surface area contributed by atoms with Crippen molar-refractivity contribution >= 4 is 23.5 Å². The predicted octanol–water partition coefficient (Wildman–Crippen LogP) is 3.32. The molecular weight excluding hydrogens is 336 g/mol. The highest BCUT2D eigenvalue weighted by molar-refractivity contribution is 6.02. The highest BCUT2D eigenvalue weighted by atomic mass is 16.6. The van der Waals surface area contributed by atoms with Gasteiger partial charge in [0.2, 0.25) is 5.91 Å². The Labute approximate surface area is 149 Å². The lowest BCUT2D eigenvalue weighted by atomic mass is 10.1. The molecule has 0 atom stereocenters. The van der Waals surface area contributed by atoms with Crippen molar-refractivity contribution in [1.82, 2.24) is 4.98 Å². The SMILES string of the molecule is N#CCCCOc1cccnc1NC(=O)C=Cc1ccccc1[N+](=O)[O-]. The molecule has 132 valence electrons. The Morgan fingerprint density at radius 3 is 2.92 bits per heavy atom. The number of carbonyl (C=O) groups is 1. The fourth-order valence-corrected chi connectivity index (χ4v) is 2.05. The number of nitro groups is 1. The van der Waals surface area contributed by atoms with Crippen LogP contribution in [0.15, 0.2) is 48.7 Å². The highest BCUT2D eigenvalue weighted by Gasteiger charge is 2.11. The van der Waals surface area contributed by atoms with Gasteiger partial charge in [0.15, 0.2) is 11.6 Å². The Morgan fingerprint density at radius 2 is 2.15 bits per heavy atom. The largest absolute Gasteiger partial charge is 0.490 e. The molecule has 1 heterocycles. The summed E-state index contributed by atoms with van der Waals surface area (Å²) in [4.78, 5) is 26.6. The Kier molecular flexibility index (Phi) is 6.83. The molecule has 0 unspecified atom stereocenters. The second-order valence-corrected chi connectivity index (χ2v) is 5.10. The molecular formula is C18H16N4O4. The van der Waals surface area contributed by atoms with Crippen molar-refractivity contribution in [3.05, 3.63) is 64.3 Å². The van der Waals surface area contributed by atoms with Crippen LogP contribution in [0.4, 0.5) is 11.5 Å². The average molecular weight is 352 g/mol. The lowest BCUT2D eigenvalue weighted by Gasteiger charge is -2.09. The summed E-state index contributed by atoms with van der Waals surface area (Å²) < 4.78 is 5.51. The maximum atomic E-state index is 12.1. The maximum Gasteiger partial charge on any atom is 0.276 e. The van der Waals surface area contributed by atoms with E-state index in [0.29, 0.717) is 30.8 Å². The van der Waals surface area contributed by atoms with Crippen LogP contribution >= 0.6 is 0 Å². The number of anilines is 1. The van der Waals surface area contributed by atoms with Crippen LogP contribution in [0.25, 0.3) is 6.08 Å². The first-order chi connectivity index (χ1) is 12.6. The van der Waals surface area contributed by atoms with Crippen LogP contribution in [0.2, 0.25) is 0 Å². The third-order valence-electron chi connectivity index (χ3n) is 3.25. The standard InChI is InChI=1S/C18H16N4O4/c19-11-3-4-13-26-16-8-5-12-20-18(16)21-17(23)10-9-14-6-1-2-7-15(14)22(24)25/h1-2,5-10,12H,3-4,13H2,(H,20,21,23). The van der Waals surface area contributed by atoms with E-state index in [4.69, 9.17) is 10.00 Å². The number of carbonyl (C=O) groups excluding carboxylic acids is 1. The Morgan fingerprint density at radius 1 is 1.35 bits per heavy atom. The Balaban J connectivity index is 2.04. The summed E-state index contributed by atoms with van der Waals surface area (Å²) in [6.07, 6.45) is 5.00. The smallest absolute Gasteiger partial charge is 0.276 e. The molecule has 0 aliphatic carbocycles. The third-order valence-corrected chi connectivity index (χ3v) is 3.25. The summed E-state index contributed by atoms with van der Waals surface area (Å²) in [5.41, 5.74) is 0.234. The van der Waals surface area contributed by atoms with E-state index in [1.165, 1.54) is 24.4 Å². The van der Waals surface area contributed by atoms with Gasteiger partial charge in [0, 0.05) is 24.8 Å². The van der Waals surface area contributed by atoms with E-state index in [1.54, 1.807) is 30.3 Å². The van der Waals surface area contributed by atoms with Crippen LogP contribution in [0.1, 0.15) is 18.4 Å². The number of pyridine rings is 1. The second kappa shape index (κ2) is 9.54. The van der Waals surface area contributed by atoms with E-state index >= 15 is 0 Å². The van der Waals surface area contributed by atoms with E-state index in [1.807, 2.05) is 6.07 Å². The zero-order valence-corrected chi connectivity index (χ0v) is 13.8. The van der Waals surface area contributed by atoms with Crippen molar-refractivity contribution in [1.29, 1.82) is 5.26 Å². The molecule has 0 radical (unpaired) electrons. The summed E-state index contributed by atoms with van der Waals surface area (Å²) in [6, 6.07) is 11.5. The number of para-hydroxylation sites is 1. The number of hydrogen-bond acceptors (Lipinski definition) is 6. The Bertz CT molecular complexity index is 858. The van der Waals surface area contributed by atoms with Crippen LogP contribution in [0.5, 0.6) is 5.75 Å². The quantitative estimate of drug-likeness (QED) is 0.337. The molecule has 26 heavy (non-hydrogen) atoms. The number of benzene rings is 1. The van der Waals surface area contributed by atoms with Crippen molar-refractivity contribution in [3.8, 4) is 11.8 Å². The van der Waals surface area contributed by atoms with Gasteiger partial charge in [-0.2, -0.15) is 5.26 Å². The molecule has 2 rings (SSSR count). The summed E-state index contributed by atoms with van der Waals surface area (Å²) in [6.45, 7) is 0.328. The summed E-state index contributed by atoms with van der Waals surface area (Å²) in [7, 11) is 0. The molecule has 0 aliphatic heterocycles. The molecule has 8 heteroatoms. The average Bonchev–Trinajstić information content (AvgIpc) is 2.65. The molecule has 0 saturated carbocycles. The van der Waals surface area contributed by atoms with Crippen LogP contribution in [0, 0.1) is 21.4 Å². The van der Waals surface area contributed by atoms with E-state index in [2.05, 4.69) is 10.3 Å². The fraction of sp³-hybridized carbons (Fsp3) is 0.167. The van der Waals surface area contributed by atoms with Crippen molar-refractivity contribution in [3.63, 3.8) is 0 Å². The number of nitrogens with zero attached hydrogens (tertiary/aromatic N) is 3. The lowest BCUT2D eigenvalue weighted by Crippen LogP contribution is -2.11. The van der Waals surface area contributed by atoms with Gasteiger partial charge in [0.25, 0.3) is 5.69 Å². The molecule has 1 N–H and O–H groups in total. The van der Waals surface area contributed by atoms with Gasteiger partial charge < -0.3 is 10.1 Å². The van der Waals surface area contributed by atoms with Crippen LogP contribution in [0.3, 0.4) is 0 Å². The molecule has 0 fully saturated rings. The van der Waals surface area contributed by atoms with Crippen molar-refractivity contribution in [2.75, 3.05) is 11.9 Å².